The molecule has 1 heterocycles. The number of amides is 1. The summed E-state index contributed by atoms with van der Waals surface area (Å²) < 4.78 is 32.9. The number of rotatable bonds is 6. The minimum atomic E-state index is -3.99. The molecule has 1 fully saturated rings. The van der Waals surface area contributed by atoms with Gasteiger partial charge < -0.3 is 9.84 Å². The van der Waals surface area contributed by atoms with Crippen LogP contribution in [0.4, 0.5) is 5.69 Å². The number of benzene rings is 2. The molecule has 0 spiro atoms. The van der Waals surface area contributed by atoms with Crippen molar-refractivity contribution in [1.29, 1.82) is 0 Å². The van der Waals surface area contributed by atoms with Gasteiger partial charge in [0.25, 0.3) is 5.91 Å². The van der Waals surface area contributed by atoms with Gasteiger partial charge in [0.05, 0.1) is 5.69 Å². The number of anilines is 1. The number of carboxylic acids is 1. The Morgan fingerprint density at radius 3 is 2.59 bits per heavy atom. The second kappa shape index (κ2) is 7.50. The maximum atomic E-state index is 12.1. The number of carboxylic acid groups (broad SMARTS) is 1. The Hall–Kier alpha value is -3.33. The smallest absolute Gasteiger partial charge is 0.328 e. The molecule has 1 aliphatic heterocycles. The monoisotopic (exact) mass is 388 g/mol. The number of hydrogen-bond donors (Lipinski definition) is 2. The van der Waals surface area contributed by atoms with Gasteiger partial charge in [-0.2, -0.15) is 8.42 Å². The van der Waals surface area contributed by atoms with Crippen molar-refractivity contribution in [2.75, 3.05) is 10.8 Å². The number of hydrogen-bond acceptors (Lipinski definition) is 5. The van der Waals surface area contributed by atoms with E-state index in [4.69, 9.17) is 9.84 Å². The Kier molecular flexibility index (Phi) is 5.13. The van der Waals surface area contributed by atoms with Crippen molar-refractivity contribution in [3.63, 3.8) is 0 Å². The molecule has 2 aromatic carbocycles. The Morgan fingerprint density at radius 2 is 1.96 bits per heavy atom. The molecule has 140 valence electrons. The Labute approximate surface area is 155 Å². The minimum Gasteiger partial charge on any atom is -0.487 e. The number of aliphatic carboxylic acids is 1. The van der Waals surface area contributed by atoms with E-state index in [1.54, 1.807) is 6.07 Å². The van der Waals surface area contributed by atoms with Crippen LogP contribution in [0, 0.1) is 0 Å². The lowest BCUT2D eigenvalue weighted by Gasteiger charge is -2.19. The van der Waals surface area contributed by atoms with Gasteiger partial charge in [-0.3, -0.25) is 4.79 Å². The van der Waals surface area contributed by atoms with Crippen LogP contribution in [-0.2, 0) is 26.4 Å². The Bertz CT molecular complexity index is 1000. The molecule has 1 aliphatic rings. The van der Waals surface area contributed by atoms with Crippen LogP contribution in [-0.4, -0.2) is 31.9 Å². The molecule has 1 amide bonds. The molecule has 1 saturated heterocycles. The normalized spacial score (nSPS) is 15.7. The van der Waals surface area contributed by atoms with Crippen molar-refractivity contribution in [1.82, 2.24) is 4.72 Å². The summed E-state index contributed by atoms with van der Waals surface area (Å²) in [5, 5.41) is 8.77. The lowest BCUT2D eigenvalue weighted by atomic mass is 10.1. The number of carbonyl (C=O) groups is 2. The topological polar surface area (TPSA) is 113 Å². The van der Waals surface area contributed by atoms with E-state index in [9.17, 15) is 18.0 Å². The quantitative estimate of drug-likeness (QED) is 0.726. The zero-order chi connectivity index (χ0) is 19.4. The molecule has 8 nitrogen and oxygen atoms in total. The third-order valence-corrected chi connectivity index (χ3v) is 5.12. The first kappa shape index (κ1) is 18.5. The largest absolute Gasteiger partial charge is 0.487 e. The first-order chi connectivity index (χ1) is 12.8. The number of carbonyl (C=O) groups excluding carboxylic acids is 1. The third-order valence-electron chi connectivity index (χ3n) is 3.73. The van der Waals surface area contributed by atoms with Gasteiger partial charge in [0, 0.05) is 6.08 Å². The van der Waals surface area contributed by atoms with Crippen LogP contribution in [0.15, 0.2) is 54.6 Å². The average molecular weight is 388 g/mol. The van der Waals surface area contributed by atoms with Crippen molar-refractivity contribution in [3.05, 3.63) is 65.7 Å². The molecule has 0 radical (unpaired) electrons. The maximum absolute atomic E-state index is 12.1. The van der Waals surface area contributed by atoms with E-state index in [-0.39, 0.29) is 24.6 Å². The van der Waals surface area contributed by atoms with Crippen LogP contribution < -0.4 is 13.8 Å². The van der Waals surface area contributed by atoms with E-state index in [0.29, 0.717) is 5.56 Å². The van der Waals surface area contributed by atoms with Gasteiger partial charge in [0.15, 0.2) is 0 Å². The van der Waals surface area contributed by atoms with E-state index in [1.165, 1.54) is 18.2 Å². The van der Waals surface area contributed by atoms with Gasteiger partial charge in [0.2, 0.25) is 0 Å². The van der Waals surface area contributed by atoms with Crippen molar-refractivity contribution < 1.29 is 27.9 Å². The highest BCUT2D eigenvalue weighted by Gasteiger charge is 2.35. The predicted molar refractivity (Wildman–Crippen MR) is 98.3 cm³/mol. The lowest BCUT2D eigenvalue weighted by molar-refractivity contribution is -0.131. The van der Waals surface area contributed by atoms with E-state index in [0.717, 1.165) is 15.9 Å². The van der Waals surface area contributed by atoms with Crippen LogP contribution in [0.1, 0.15) is 11.1 Å². The van der Waals surface area contributed by atoms with Crippen molar-refractivity contribution in [2.45, 2.75) is 6.61 Å². The molecule has 0 unspecified atom stereocenters. The van der Waals surface area contributed by atoms with Gasteiger partial charge in [0.1, 0.15) is 18.9 Å². The van der Waals surface area contributed by atoms with E-state index >= 15 is 0 Å². The highest BCUT2D eigenvalue weighted by Crippen LogP contribution is 2.33. The van der Waals surface area contributed by atoms with Crippen molar-refractivity contribution in [3.8, 4) is 5.75 Å². The summed E-state index contributed by atoms with van der Waals surface area (Å²) in [5.74, 6) is -1.53. The summed E-state index contributed by atoms with van der Waals surface area (Å²) in [7, 11) is -3.99. The molecule has 0 bridgehead atoms. The molecule has 0 aromatic heterocycles. The third kappa shape index (κ3) is 4.45. The summed E-state index contributed by atoms with van der Waals surface area (Å²) in [6.07, 6.45) is 2.33. The number of nitrogens with zero attached hydrogens (tertiary/aromatic N) is 1. The molecule has 0 saturated carbocycles. The molecule has 27 heavy (non-hydrogen) atoms. The van der Waals surface area contributed by atoms with Crippen LogP contribution in [0.3, 0.4) is 0 Å². The molecular weight excluding hydrogens is 372 g/mol. The molecule has 2 N–H and O–H groups in total. The summed E-state index contributed by atoms with van der Waals surface area (Å²) in [5.41, 5.74) is 1.57. The SMILES string of the molecule is O=C(O)C=Cc1ccc(N2CC(=O)NS2(=O)=O)c(OCc2ccccc2)c1. The van der Waals surface area contributed by atoms with Crippen LogP contribution in [0.2, 0.25) is 0 Å². The minimum absolute atomic E-state index is 0.176. The Morgan fingerprint density at radius 1 is 1.22 bits per heavy atom. The number of nitrogens with one attached hydrogen (secondary N) is 1. The first-order valence-electron chi connectivity index (χ1n) is 7.90. The van der Waals surface area contributed by atoms with E-state index < -0.39 is 22.1 Å². The maximum Gasteiger partial charge on any atom is 0.328 e. The zero-order valence-electron chi connectivity index (χ0n) is 14.0. The second-order valence-electron chi connectivity index (χ2n) is 5.71. The average Bonchev–Trinajstić information content (AvgIpc) is 2.91. The molecule has 3 rings (SSSR count). The zero-order valence-corrected chi connectivity index (χ0v) is 14.8. The van der Waals surface area contributed by atoms with Gasteiger partial charge in [-0.05, 0) is 29.3 Å². The van der Waals surface area contributed by atoms with Gasteiger partial charge in [-0.1, -0.05) is 36.4 Å². The first-order valence-corrected chi connectivity index (χ1v) is 9.34. The summed E-state index contributed by atoms with van der Waals surface area (Å²) in [6.45, 7) is -0.177. The summed E-state index contributed by atoms with van der Waals surface area (Å²) in [6, 6.07) is 13.8. The van der Waals surface area contributed by atoms with Crippen molar-refractivity contribution in [2.24, 2.45) is 0 Å². The van der Waals surface area contributed by atoms with Crippen LogP contribution >= 0.6 is 0 Å². The second-order valence-corrected chi connectivity index (χ2v) is 7.30. The van der Waals surface area contributed by atoms with Gasteiger partial charge in [-0.25, -0.2) is 13.8 Å². The van der Waals surface area contributed by atoms with Crippen molar-refractivity contribution >= 4 is 33.8 Å². The Balaban J connectivity index is 1.96. The van der Waals surface area contributed by atoms with Gasteiger partial charge >= 0.3 is 16.2 Å². The van der Waals surface area contributed by atoms with Crippen LogP contribution in [0.25, 0.3) is 6.08 Å². The summed E-state index contributed by atoms with van der Waals surface area (Å²) >= 11 is 0. The molecular formula is C18H16N2O6S. The van der Waals surface area contributed by atoms with E-state index in [1.807, 2.05) is 35.1 Å². The van der Waals surface area contributed by atoms with Crippen LogP contribution in [0.5, 0.6) is 5.75 Å². The summed E-state index contributed by atoms with van der Waals surface area (Å²) in [4.78, 5) is 22.2. The molecule has 2 aromatic rings. The molecule has 0 atom stereocenters. The molecule has 0 aliphatic carbocycles. The predicted octanol–water partition coefficient (Wildman–Crippen LogP) is 1.54. The molecule has 9 heteroatoms. The lowest BCUT2D eigenvalue weighted by Crippen LogP contribution is -2.29. The van der Waals surface area contributed by atoms with E-state index in [2.05, 4.69) is 0 Å². The fourth-order valence-electron chi connectivity index (χ4n) is 2.52. The highest BCUT2D eigenvalue weighted by molar-refractivity contribution is 7.92. The standard InChI is InChI=1S/C18H16N2O6S/c21-17-11-20(27(24,25)19-17)15-8-6-13(7-9-18(22)23)10-16(15)26-12-14-4-2-1-3-5-14/h1-10H,11-12H2,(H,19,21)(H,22,23). The fourth-order valence-corrected chi connectivity index (χ4v) is 3.68. The fraction of sp³-hybridized carbons (Fsp3) is 0.111. The highest BCUT2D eigenvalue weighted by atomic mass is 32.2. The number of ether oxygens (including phenoxy) is 1. The van der Waals surface area contributed by atoms with Gasteiger partial charge in [-0.15, -0.1) is 0 Å².